The highest BCUT2D eigenvalue weighted by atomic mass is 32.1. The van der Waals surface area contributed by atoms with Gasteiger partial charge in [0.2, 0.25) is 0 Å². The molecule has 0 bridgehead atoms. The van der Waals surface area contributed by atoms with Crippen LogP contribution in [0, 0.1) is 0 Å². The molecule has 0 unspecified atom stereocenters. The Morgan fingerprint density at radius 3 is 2.58 bits per heavy atom. The van der Waals surface area contributed by atoms with Crippen LogP contribution >= 0.6 is 12.2 Å². The highest BCUT2D eigenvalue weighted by molar-refractivity contribution is 7.80. The maximum atomic E-state index is 5.27. The molecule has 0 aromatic heterocycles. The van der Waals surface area contributed by atoms with Gasteiger partial charge in [-0.25, -0.2) is 0 Å². The fourth-order valence-corrected chi connectivity index (χ4v) is 2.60. The number of likely N-dealkylation sites (tertiary alicyclic amines) is 1. The van der Waals surface area contributed by atoms with Crippen molar-refractivity contribution in [2.75, 3.05) is 31.5 Å². The highest BCUT2D eigenvalue weighted by Gasteiger charge is 2.08. The first-order valence-electron chi connectivity index (χ1n) is 7.17. The molecule has 1 aromatic rings. The molecule has 4 heteroatoms. The predicted octanol–water partition coefficient (Wildman–Crippen LogP) is 2.85. The summed E-state index contributed by atoms with van der Waals surface area (Å²) in [4.78, 5) is 2.55. The zero-order valence-corrected chi connectivity index (χ0v) is 12.2. The van der Waals surface area contributed by atoms with E-state index in [1.807, 2.05) is 30.3 Å². The maximum absolute atomic E-state index is 5.27. The van der Waals surface area contributed by atoms with Gasteiger partial charge in [0.15, 0.2) is 5.11 Å². The van der Waals surface area contributed by atoms with Crippen molar-refractivity contribution < 1.29 is 0 Å². The van der Waals surface area contributed by atoms with Crippen LogP contribution in [0.1, 0.15) is 25.7 Å². The van der Waals surface area contributed by atoms with E-state index in [1.165, 1.54) is 38.9 Å². The van der Waals surface area contributed by atoms with Crippen molar-refractivity contribution in [2.45, 2.75) is 25.7 Å². The molecule has 2 N–H and O–H groups in total. The van der Waals surface area contributed by atoms with Gasteiger partial charge < -0.3 is 15.5 Å². The number of hydrogen-bond acceptors (Lipinski definition) is 2. The Balaban J connectivity index is 1.56. The SMILES string of the molecule is S=C(NCCCN1CCCCC1)Nc1ccccc1. The predicted molar refractivity (Wildman–Crippen MR) is 85.6 cm³/mol. The molecule has 0 amide bonds. The van der Waals surface area contributed by atoms with Gasteiger partial charge in [-0.3, -0.25) is 0 Å². The molecule has 0 radical (unpaired) electrons. The lowest BCUT2D eigenvalue weighted by Gasteiger charge is -2.26. The quantitative estimate of drug-likeness (QED) is 0.639. The summed E-state index contributed by atoms with van der Waals surface area (Å²) >= 11 is 5.27. The van der Waals surface area contributed by atoms with Gasteiger partial charge in [-0.15, -0.1) is 0 Å². The van der Waals surface area contributed by atoms with E-state index in [1.54, 1.807) is 0 Å². The zero-order valence-electron chi connectivity index (χ0n) is 11.4. The van der Waals surface area contributed by atoms with Crippen LogP contribution in [0.3, 0.4) is 0 Å². The molecule has 0 saturated carbocycles. The van der Waals surface area contributed by atoms with E-state index >= 15 is 0 Å². The third kappa shape index (κ3) is 5.57. The van der Waals surface area contributed by atoms with Gasteiger partial charge in [-0.2, -0.15) is 0 Å². The number of nitrogens with zero attached hydrogens (tertiary/aromatic N) is 1. The maximum Gasteiger partial charge on any atom is 0.170 e. The Hall–Kier alpha value is -1.13. The van der Waals surface area contributed by atoms with Crippen molar-refractivity contribution in [3.05, 3.63) is 30.3 Å². The minimum Gasteiger partial charge on any atom is -0.362 e. The van der Waals surface area contributed by atoms with Gasteiger partial charge in [0.1, 0.15) is 0 Å². The van der Waals surface area contributed by atoms with Crippen molar-refractivity contribution in [3.63, 3.8) is 0 Å². The van der Waals surface area contributed by atoms with E-state index in [0.717, 1.165) is 18.7 Å². The van der Waals surface area contributed by atoms with Gasteiger partial charge in [-0.05, 0) is 63.2 Å². The normalized spacial score (nSPS) is 16.0. The van der Waals surface area contributed by atoms with Crippen molar-refractivity contribution >= 4 is 23.0 Å². The van der Waals surface area contributed by atoms with Crippen molar-refractivity contribution in [3.8, 4) is 0 Å². The van der Waals surface area contributed by atoms with Gasteiger partial charge in [0.05, 0.1) is 0 Å². The van der Waals surface area contributed by atoms with Crippen LogP contribution in [0.2, 0.25) is 0 Å². The summed E-state index contributed by atoms with van der Waals surface area (Å²) in [5.41, 5.74) is 1.04. The summed E-state index contributed by atoms with van der Waals surface area (Å²) < 4.78 is 0. The van der Waals surface area contributed by atoms with Crippen LogP contribution < -0.4 is 10.6 Å². The lowest BCUT2D eigenvalue weighted by molar-refractivity contribution is 0.227. The van der Waals surface area contributed by atoms with E-state index in [0.29, 0.717) is 5.11 Å². The van der Waals surface area contributed by atoms with Crippen molar-refractivity contribution in [2.24, 2.45) is 0 Å². The van der Waals surface area contributed by atoms with Crippen LogP contribution in [0.25, 0.3) is 0 Å². The standard InChI is InChI=1S/C15H23N3S/c19-15(17-14-8-3-1-4-9-14)16-10-7-13-18-11-5-2-6-12-18/h1,3-4,8-9H,2,5-7,10-13H2,(H2,16,17,19). The van der Waals surface area contributed by atoms with Crippen molar-refractivity contribution in [1.82, 2.24) is 10.2 Å². The lowest BCUT2D eigenvalue weighted by Crippen LogP contribution is -2.34. The molecule has 0 atom stereocenters. The van der Waals surface area contributed by atoms with E-state index in [2.05, 4.69) is 15.5 Å². The molecule has 1 aliphatic rings. The third-order valence-electron chi connectivity index (χ3n) is 3.42. The zero-order chi connectivity index (χ0) is 13.3. The molecule has 1 aromatic carbocycles. The van der Waals surface area contributed by atoms with Crippen LogP contribution in [-0.4, -0.2) is 36.2 Å². The number of hydrogen-bond donors (Lipinski definition) is 2. The number of rotatable bonds is 5. The van der Waals surface area contributed by atoms with E-state index in [4.69, 9.17) is 12.2 Å². The summed E-state index contributed by atoms with van der Waals surface area (Å²) in [6, 6.07) is 10.0. The van der Waals surface area contributed by atoms with Crippen LogP contribution in [0.15, 0.2) is 30.3 Å². The number of nitrogens with one attached hydrogen (secondary N) is 2. The molecule has 1 aliphatic heterocycles. The first-order chi connectivity index (χ1) is 9.34. The number of para-hydroxylation sites is 1. The molecule has 19 heavy (non-hydrogen) atoms. The second-order valence-electron chi connectivity index (χ2n) is 5.00. The van der Waals surface area contributed by atoms with Gasteiger partial charge in [0, 0.05) is 12.2 Å². The average molecular weight is 277 g/mol. The largest absolute Gasteiger partial charge is 0.362 e. The summed E-state index contributed by atoms with van der Waals surface area (Å²) in [7, 11) is 0. The fourth-order valence-electron chi connectivity index (χ4n) is 2.38. The van der Waals surface area contributed by atoms with E-state index in [9.17, 15) is 0 Å². The molecule has 2 rings (SSSR count). The summed E-state index contributed by atoms with van der Waals surface area (Å²) in [5, 5.41) is 7.16. The van der Waals surface area contributed by atoms with Gasteiger partial charge in [-0.1, -0.05) is 24.6 Å². The van der Waals surface area contributed by atoms with Gasteiger partial charge >= 0.3 is 0 Å². The van der Waals surface area contributed by atoms with Crippen LogP contribution in [0.5, 0.6) is 0 Å². The number of thiocarbonyl (C=S) groups is 1. The van der Waals surface area contributed by atoms with Gasteiger partial charge in [0.25, 0.3) is 0 Å². The van der Waals surface area contributed by atoms with E-state index < -0.39 is 0 Å². The van der Waals surface area contributed by atoms with Crippen LogP contribution in [0.4, 0.5) is 5.69 Å². The summed E-state index contributed by atoms with van der Waals surface area (Å²) in [6.45, 7) is 4.66. The Morgan fingerprint density at radius 2 is 1.84 bits per heavy atom. The van der Waals surface area contributed by atoms with Crippen molar-refractivity contribution in [1.29, 1.82) is 0 Å². The van der Waals surface area contributed by atoms with Crippen LogP contribution in [-0.2, 0) is 0 Å². The lowest BCUT2D eigenvalue weighted by atomic mass is 10.1. The third-order valence-corrected chi connectivity index (χ3v) is 3.66. The Kier molecular flexibility index (Phi) is 6.11. The molecule has 1 saturated heterocycles. The minimum atomic E-state index is 0.713. The number of benzene rings is 1. The Labute approximate surface area is 121 Å². The summed E-state index contributed by atoms with van der Waals surface area (Å²) in [6.07, 6.45) is 5.28. The molecular formula is C15H23N3S. The molecule has 3 nitrogen and oxygen atoms in total. The monoisotopic (exact) mass is 277 g/mol. The Morgan fingerprint density at radius 1 is 1.11 bits per heavy atom. The second-order valence-corrected chi connectivity index (χ2v) is 5.41. The van der Waals surface area contributed by atoms with E-state index in [-0.39, 0.29) is 0 Å². The highest BCUT2D eigenvalue weighted by Crippen LogP contribution is 2.08. The smallest absolute Gasteiger partial charge is 0.170 e. The topological polar surface area (TPSA) is 27.3 Å². The molecular weight excluding hydrogens is 254 g/mol. The second kappa shape index (κ2) is 8.12. The molecule has 1 fully saturated rings. The molecule has 0 spiro atoms. The fraction of sp³-hybridized carbons (Fsp3) is 0.533. The first kappa shape index (κ1) is 14.3. The average Bonchev–Trinajstić information content (AvgIpc) is 2.46. The summed E-state index contributed by atoms with van der Waals surface area (Å²) in [5.74, 6) is 0. The number of anilines is 1. The molecule has 0 aliphatic carbocycles. The number of piperidine rings is 1. The first-order valence-corrected chi connectivity index (χ1v) is 7.58. The molecule has 1 heterocycles. The Bertz CT molecular complexity index is 374. The minimum absolute atomic E-state index is 0.713. The molecule has 104 valence electrons.